The molecule has 1 aliphatic heterocycles. The molecule has 0 saturated carbocycles. The first kappa shape index (κ1) is 29.0. The lowest BCUT2D eigenvalue weighted by Gasteiger charge is -2.32. The number of hydrogen-bond acceptors (Lipinski definition) is 7. The zero-order valence-electron chi connectivity index (χ0n) is 23.8. The van der Waals surface area contributed by atoms with Crippen molar-refractivity contribution >= 4 is 22.8 Å². The van der Waals surface area contributed by atoms with Crippen LogP contribution in [0.3, 0.4) is 0 Å². The number of likely N-dealkylation sites (tertiary alicyclic amines) is 1. The number of nitrogens with two attached hydrogens (primary N) is 1. The predicted octanol–water partition coefficient (Wildman–Crippen LogP) is 6.65. The molecule has 0 radical (unpaired) electrons. The highest BCUT2D eigenvalue weighted by Crippen LogP contribution is 2.37. The van der Waals surface area contributed by atoms with Crippen molar-refractivity contribution in [2.75, 3.05) is 18.8 Å². The summed E-state index contributed by atoms with van der Waals surface area (Å²) in [6.07, 6.45) is -1.38. The number of anilines is 1. The van der Waals surface area contributed by atoms with Crippen molar-refractivity contribution in [3.05, 3.63) is 90.3 Å². The van der Waals surface area contributed by atoms with E-state index in [-0.39, 0.29) is 24.3 Å². The third kappa shape index (κ3) is 6.01. The minimum atomic E-state index is -4.51. The maximum absolute atomic E-state index is 13.3. The molecule has 2 aromatic heterocycles. The van der Waals surface area contributed by atoms with Crippen molar-refractivity contribution in [2.45, 2.75) is 38.6 Å². The van der Waals surface area contributed by atoms with Gasteiger partial charge >= 0.3 is 6.18 Å². The summed E-state index contributed by atoms with van der Waals surface area (Å²) in [4.78, 5) is 22.5. The SMILES string of the molecule is CC(=O)N1CCCC(n2nc(-c3ccc(Oc4cccc(COc5ccccc5C(F)(F)F)c4)cc3)c3c(N)ncnc32)C1. The van der Waals surface area contributed by atoms with E-state index < -0.39 is 11.7 Å². The number of benzene rings is 3. The standard InChI is InChI=1S/C32H29F3N6O3/c1-20(42)40-15-5-7-23(17-40)41-31-28(30(36)37-19-38-31)29(39-41)22-11-13-24(14-12-22)44-25-8-4-6-21(16-25)18-43-27-10-3-2-9-26(27)32(33,34)35/h2-4,6,8-14,16,19,23H,5,7,15,17-18H2,1H3,(H2,36,37,38). The maximum Gasteiger partial charge on any atom is 0.419 e. The number of para-hydroxylation sites is 1. The second kappa shape index (κ2) is 11.9. The molecule has 0 spiro atoms. The molecule has 0 bridgehead atoms. The molecule has 1 saturated heterocycles. The van der Waals surface area contributed by atoms with Crippen LogP contribution in [-0.2, 0) is 17.6 Å². The molecule has 3 heterocycles. The van der Waals surface area contributed by atoms with E-state index in [4.69, 9.17) is 20.3 Å². The van der Waals surface area contributed by atoms with Crippen LogP contribution < -0.4 is 15.2 Å². The summed E-state index contributed by atoms with van der Waals surface area (Å²) in [6, 6.07) is 19.3. The van der Waals surface area contributed by atoms with Gasteiger partial charge in [0.15, 0.2) is 5.65 Å². The Kier molecular flexibility index (Phi) is 7.81. The Morgan fingerprint density at radius 2 is 1.82 bits per heavy atom. The molecule has 226 valence electrons. The zero-order valence-corrected chi connectivity index (χ0v) is 23.8. The van der Waals surface area contributed by atoms with Crippen LogP contribution in [0.2, 0.25) is 0 Å². The van der Waals surface area contributed by atoms with E-state index >= 15 is 0 Å². The van der Waals surface area contributed by atoms with Gasteiger partial charge in [-0.3, -0.25) is 4.79 Å². The number of fused-ring (bicyclic) bond motifs is 1. The van der Waals surface area contributed by atoms with Gasteiger partial charge in [-0.05, 0) is 66.9 Å². The second-order valence-electron chi connectivity index (χ2n) is 10.6. The van der Waals surface area contributed by atoms with E-state index in [0.29, 0.717) is 46.2 Å². The van der Waals surface area contributed by atoms with Gasteiger partial charge in [-0.15, -0.1) is 0 Å². The monoisotopic (exact) mass is 602 g/mol. The third-order valence-corrected chi connectivity index (χ3v) is 7.55. The quantitative estimate of drug-likeness (QED) is 0.222. The highest BCUT2D eigenvalue weighted by molar-refractivity contribution is 5.98. The normalized spacial score (nSPS) is 15.4. The minimum Gasteiger partial charge on any atom is -0.488 e. The van der Waals surface area contributed by atoms with Gasteiger partial charge in [0.05, 0.1) is 17.0 Å². The van der Waals surface area contributed by atoms with Gasteiger partial charge in [-0.2, -0.15) is 18.3 Å². The lowest BCUT2D eigenvalue weighted by Crippen LogP contribution is -2.39. The molecule has 12 heteroatoms. The summed E-state index contributed by atoms with van der Waals surface area (Å²) < 4.78 is 53.3. The van der Waals surface area contributed by atoms with Crippen LogP contribution in [0.1, 0.15) is 36.9 Å². The molecule has 1 fully saturated rings. The molecule has 9 nitrogen and oxygen atoms in total. The van der Waals surface area contributed by atoms with Crippen molar-refractivity contribution in [3.8, 4) is 28.5 Å². The van der Waals surface area contributed by atoms with Crippen LogP contribution >= 0.6 is 0 Å². The fraction of sp³-hybridized carbons (Fsp3) is 0.250. The first-order valence-corrected chi connectivity index (χ1v) is 14.1. The average molecular weight is 603 g/mol. The van der Waals surface area contributed by atoms with Crippen LogP contribution in [0, 0.1) is 0 Å². The van der Waals surface area contributed by atoms with Crippen LogP contribution in [0.4, 0.5) is 19.0 Å². The number of nitrogen functional groups attached to an aromatic ring is 1. The molecule has 1 unspecified atom stereocenters. The van der Waals surface area contributed by atoms with E-state index in [1.807, 2.05) is 21.7 Å². The number of rotatable bonds is 7. The van der Waals surface area contributed by atoms with E-state index in [0.717, 1.165) is 31.0 Å². The van der Waals surface area contributed by atoms with Crippen LogP contribution in [0.15, 0.2) is 79.1 Å². The van der Waals surface area contributed by atoms with Gasteiger partial charge in [0.1, 0.15) is 41.7 Å². The summed E-state index contributed by atoms with van der Waals surface area (Å²) >= 11 is 0. The lowest BCUT2D eigenvalue weighted by molar-refractivity contribution is -0.139. The molecule has 3 aromatic carbocycles. The Morgan fingerprint density at radius 1 is 1.02 bits per heavy atom. The number of ether oxygens (including phenoxy) is 2. The van der Waals surface area contributed by atoms with E-state index in [2.05, 4.69) is 9.97 Å². The Labute approximate surface area is 251 Å². The summed E-state index contributed by atoms with van der Waals surface area (Å²) in [7, 11) is 0. The van der Waals surface area contributed by atoms with Crippen molar-refractivity contribution in [2.24, 2.45) is 0 Å². The maximum atomic E-state index is 13.3. The fourth-order valence-corrected chi connectivity index (χ4v) is 5.40. The predicted molar refractivity (Wildman–Crippen MR) is 158 cm³/mol. The molecule has 0 aliphatic carbocycles. The van der Waals surface area contributed by atoms with Crippen LogP contribution in [0.5, 0.6) is 17.2 Å². The molecule has 5 aromatic rings. The topological polar surface area (TPSA) is 108 Å². The highest BCUT2D eigenvalue weighted by atomic mass is 19.4. The molecular weight excluding hydrogens is 573 g/mol. The Balaban J connectivity index is 1.20. The van der Waals surface area contributed by atoms with Gasteiger partial charge < -0.3 is 20.1 Å². The van der Waals surface area contributed by atoms with Gasteiger partial charge in [-0.25, -0.2) is 14.6 Å². The number of carbonyl (C=O) groups is 1. The van der Waals surface area contributed by atoms with E-state index in [9.17, 15) is 18.0 Å². The third-order valence-electron chi connectivity index (χ3n) is 7.55. The lowest BCUT2D eigenvalue weighted by atomic mass is 10.1. The molecule has 1 amide bonds. The Hall–Kier alpha value is -5.13. The Morgan fingerprint density at radius 3 is 2.59 bits per heavy atom. The first-order valence-electron chi connectivity index (χ1n) is 14.1. The van der Waals surface area contributed by atoms with Gasteiger partial charge in [0.2, 0.25) is 5.91 Å². The highest BCUT2D eigenvalue weighted by Gasteiger charge is 2.34. The van der Waals surface area contributed by atoms with Crippen LogP contribution in [0.25, 0.3) is 22.3 Å². The molecule has 6 rings (SSSR count). The van der Waals surface area contributed by atoms with Gasteiger partial charge in [0.25, 0.3) is 0 Å². The summed E-state index contributed by atoms with van der Waals surface area (Å²) in [5.41, 5.74) is 8.14. The van der Waals surface area contributed by atoms with E-state index in [1.165, 1.54) is 24.5 Å². The molecule has 2 N–H and O–H groups in total. The van der Waals surface area contributed by atoms with Crippen LogP contribution in [-0.4, -0.2) is 43.6 Å². The smallest absolute Gasteiger partial charge is 0.419 e. The van der Waals surface area contributed by atoms with Crippen molar-refractivity contribution < 1.29 is 27.4 Å². The largest absolute Gasteiger partial charge is 0.488 e. The van der Waals surface area contributed by atoms with Crippen molar-refractivity contribution in [1.29, 1.82) is 0 Å². The number of aromatic nitrogens is 4. The fourth-order valence-electron chi connectivity index (χ4n) is 5.40. The number of alkyl halides is 3. The van der Waals surface area contributed by atoms with E-state index in [1.54, 1.807) is 43.3 Å². The zero-order chi connectivity index (χ0) is 30.8. The van der Waals surface area contributed by atoms with Gasteiger partial charge in [-0.1, -0.05) is 24.3 Å². The number of amides is 1. The second-order valence-corrected chi connectivity index (χ2v) is 10.6. The number of nitrogens with zero attached hydrogens (tertiary/aromatic N) is 5. The summed E-state index contributed by atoms with van der Waals surface area (Å²) in [5, 5.41) is 5.54. The number of piperidine rings is 1. The van der Waals surface area contributed by atoms with Crippen molar-refractivity contribution in [3.63, 3.8) is 0 Å². The Bertz CT molecular complexity index is 1810. The molecule has 1 atom stereocenters. The van der Waals surface area contributed by atoms with Crippen molar-refractivity contribution in [1.82, 2.24) is 24.6 Å². The number of hydrogen-bond donors (Lipinski definition) is 1. The number of carbonyl (C=O) groups excluding carboxylic acids is 1. The molecule has 1 aliphatic rings. The number of halogens is 3. The minimum absolute atomic E-state index is 0.0287. The average Bonchev–Trinajstić information content (AvgIpc) is 3.41. The molecular formula is C32H29F3N6O3. The summed E-state index contributed by atoms with van der Waals surface area (Å²) in [5.74, 6) is 1.16. The summed E-state index contributed by atoms with van der Waals surface area (Å²) in [6.45, 7) is 2.77. The molecule has 44 heavy (non-hydrogen) atoms. The van der Waals surface area contributed by atoms with Gasteiger partial charge in [0, 0.05) is 25.6 Å². The first-order chi connectivity index (χ1) is 21.2.